The number of amides is 1. The molecule has 0 aliphatic carbocycles. The lowest BCUT2D eigenvalue weighted by atomic mass is 9.90. The summed E-state index contributed by atoms with van der Waals surface area (Å²) in [7, 11) is 1.77. The van der Waals surface area contributed by atoms with E-state index in [0.717, 1.165) is 34.9 Å². The fraction of sp³-hybridized carbons (Fsp3) is 0.391. The first-order valence-electron chi connectivity index (χ1n) is 10.1. The fourth-order valence-corrected chi connectivity index (χ4v) is 4.19. The van der Waals surface area contributed by atoms with Gasteiger partial charge in [0.2, 0.25) is 5.91 Å². The zero-order chi connectivity index (χ0) is 20.4. The molecule has 160 valence electrons. The maximum Gasteiger partial charge on any atom is 0.232 e. The molecule has 2 aromatic carbocycles. The number of rotatable bonds is 4. The van der Waals surface area contributed by atoms with Crippen LogP contribution in [0.1, 0.15) is 49.8 Å². The Morgan fingerprint density at radius 1 is 1.17 bits per heavy atom. The molecule has 0 radical (unpaired) electrons. The Kier molecular flexibility index (Phi) is 6.90. The van der Waals surface area contributed by atoms with Crippen molar-refractivity contribution < 1.29 is 9.53 Å². The van der Waals surface area contributed by atoms with Gasteiger partial charge in [-0.2, -0.15) is 0 Å². The summed E-state index contributed by atoms with van der Waals surface area (Å²) in [6.07, 6.45) is 1.54. The van der Waals surface area contributed by atoms with Crippen LogP contribution < -0.4 is 20.7 Å². The topological polar surface area (TPSA) is 74.8 Å². The van der Waals surface area contributed by atoms with E-state index in [1.54, 1.807) is 7.05 Å². The Balaban J connectivity index is 0.00000256. The van der Waals surface area contributed by atoms with E-state index in [0.29, 0.717) is 13.0 Å². The van der Waals surface area contributed by atoms with Crippen LogP contribution in [0.4, 0.5) is 5.69 Å². The molecule has 30 heavy (non-hydrogen) atoms. The normalized spacial score (nSPS) is 21.4. The Labute approximate surface area is 194 Å². The lowest BCUT2D eigenvalue weighted by Gasteiger charge is -2.38. The summed E-state index contributed by atoms with van der Waals surface area (Å²) < 4.78 is 6.11. The van der Waals surface area contributed by atoms with Gasteiger partial charge in [0.1, 0.15) is 11.4 Å². The number of halogens is 1. The predicted octanol–water partition coefficient (Wildman–Crippen LogP) is 4.20. The molecule has 2 unspecified atom stereocenters. The molecule has 4 rings (SSSR count). The van der Waals surface area contributed by atoms with Gasteiger partial charge in [-0.05, 0) is 38.0 Å². The van der Waals surface area contributed by atoms with E-state index in [1.165, 1.54) is 0 Å². The van der Waals surface area contributed by atoms with Crippen molar-refractivity contribution in [2.45, 2.75) is 44.2 Å². The smallest absolute Gasteiger partial charge is 0.232 e. The van der Waals surface area contributed by atoms with Gasteiger partial charge < -0.3 is 20.7 Å². The first-order valence-corrected chi connectivity index (χ1v) is 10.1. The van der Waals surface area contributed by atoms with Gasteiger partial charge in [-0.15, -0.1) is 24.0 Å². The summed E-state index contributed by atoms with van der Waals surface area (Å²) in [5.74, 6) is 1.58. The molecule has 0 bridgehead atoms. The minimum absolute atomic E-state index is 0. The Bertz CT molecular complexity index is 944. The largest absolute Gasteiger partial charge is 0.487 e. The molecule has 2 aliphatic rings. The third-order valence-electron chi connectivity index (χ3n) is 5.55. The summed E-state index contributed by atoms with van der Waals surface area (Å²) in [5.41, 5.74) is 2.88. The number of nitrogens with one attached hydrogen (secondary N) is 3. The van der Waals surface area contributed by atoms with Crippen molar-refractivity contribution in [1.29, 1.82) is 0 Å². The van der Waals surface area contributed by atoms with Crippen molar-refractivity contribution in [2.75, 3.05) is 18.9 Å². The maximum atomic E-state index is 12.3. The standard InChI is InChI=1S/C23H28N4O2.HI/c1-23(2)14-19(17-9-5-7-11-20(17)29-23)27-22(24-3)25-13-12-16-15-8-4-6-10-18(15)26-21(16)28;/h4-11,16,19H,12-14H2,1-3H3,(H,26,28)(H2,24,25,27);1H. The number of guanidine groups is 1. The van der Waals surface area contributed by atoms with Gasteiger partial charge in [-0.3, -0.25) is 9.79 Å². The summed E-state index contributed by atoms with van der Waals surface area (Å²) >= 11 is 0. The maximum absolute atomic E-state index is 12.3. The predicted molar refractivity (Wildman–Crippen MR) is 131 cm³/mol. The van der Waals surface area contributed by atoms with Gasteiger partial charge in [-0.1, -0.05) is 36.4 Å². The molecular formula is C23H29IN4O2. The van der Waals surface area contributed by atoms with Gasteiger partial charge in [0.15, 0.2) is 5.96 Å². The number of ether oxygens (including phenoxy) is 1. The monoisotopic (exact) mass is 520 g/mol. The second-order valence-corrected chi connectivity index (χ2v) is 8.22. The van der Waals surface area contributed by atoms with Crippen molar-refractivity contribution in [3.8, 4) is 5.75 Å². The molecule has 0 spiro atoms. The van der Waals surface area contributed by atoms with Gasteiger partial charge in [0, 0.05) is 31.3 Å². The third-order valence-corrected chi connectivity index (χ3v) is 5.55. The van der Waals surface area contributed by atoms with Crippen LogP contribution in [0, 0.1) is 0 Å². The summed E-state index contributed by atoms with van der Waals surface area (Å²) in [6.45, 7) is 4.86. The van der Waals surface area contributed by atoms with Crippen molar-refractivity contribution in [1.82, 2.24) is 10.6 Å². The third kappa shape index (κ3) is 4.71. The van der Waals surface area contributed by atoms with Crippen LogP contribution in [-0.2, 0) is 4.79 Å². The molecule has 3 N–H and O–H groups in total. The molecule has 2 heterocycles. The van der Waals surface area contributed by atoms with Crippen LogP contribution >= 0.6 is 24.0 Å². The highest BCUT2D eigenvalue weighted by Gasteiger charge is 2.34. The SMILES string of the molecule is CN=C(NCCC1C(=O)Nc2ccccc21)NC1CC(C)(C)Oc2ccccc21.I. The number of para-hydroxylation sites is 2. The summed E-state index contributed by atoms with van der Waals surface area (Å²) in [6, 6.07) is 16.1. The number of anilines is 1. The summed E-state index contributed by atoms with van der Waals surface area (Å²) in [4.78, 5) is 16.7. The fourth-order valence-electron chi connectivity index (χ4n) is 4.19. The van der Waals surface area contributed by atoms with E-state index < -0.39 is 0 Å². The highest BCUT2D eigenvalue weighted by Crippen LogP contribution is 2.39. The van der Waals surface area contributed by atoms with E-state index >= 15 is 0 Å². The molecule has 7 heteroatoms. The van der Waals surface area contributed by atoms with Crippen LogP contribution in [0.15, 0.2) is 53.5 Å². The second kappa shape index (κ2) is 9.24. The molecule has 0 aromatic heterocycles. The molecule has 2 aromatic rings. The molecule has 0 fully saturated rings. The van der Waals surface area contributed by atoms with Gasteiger partial charge in [-0.25, -0.2) is 0 Å². The van der Waals surface area contributed by atoms with Gasteiger partial charge >= 0.3 is 0 Å². The minimum atomic E-state index is -0.253. The van der Waals surface area contributed by atoms with E-state index in [4.69, 9.17) is 4.74 Å². The number of carbonyl (C=O) groups is 1. The molecule has 6 nitrogen and oxygen atoms in total. The van der Waals surface area contributed by atoms with Crippen LogP contribution in [0.25, 0.3) is 0 Å². The van der Waals surface area contributed by atoms with Gasteiger partial charge in [0.05, 0.1) is 12.0 Å². The van der Waals surface area contributed by atoms with Crippen LogP contribution in [0.3, 0.4) is 0 Å². The summed E-state index contributed by atoms with van der Waals surface area (Å²) in [5, 5.41) is 9.86. The minimum Gasteiger partial charge on any atom is -0.487 e. The molecule has 1 amide bonds. The molecular weight excluding hydrogens is 491 g/mol. The van der Waals surface area contributed by atoms with Crippen LogP contribution in [0.5, 0.6) is 5.75 Å². The van der Waals surface area contributed by atoms with Gasteiger partial charge in [0.25, 0.3) is 0 Å². The zero-order valence-electron chi connectivity index (χ0n) is 17.6. The number of hydrogen-bond donors (Lipinski definition) is 3. The first kappa shape index (κ1) is 22.4. The quantitative estimate of drug-likeness (QED) is 0.321. The lowest BCUT2D eigenvalue weighted by molar-refractivity contribution is -0.117. The highest BCUT2D eigenvalue weighted by molar-refractivity contribution is 14.0. The number of fused-ring (bicyclic) bond motifs is 2. The Hall–Kier alpha value is -2.29. The highest BCUT2D eigenvalue weighted by atomic mass is 127. The number of aliphatic imine (C=N–C) groups is 1. The molecule has 2 atom stereocenters. The zero-order valence-corrected chi connectivity index (χ0v) is 19.9. The number of hydrogen-bond acceptors (Lipinski definition) is 3. The lowest BCUT2D eigenvalue weighted by Crippen LogP contribution is -2.45. The van der Waals surface area contributed by atoms with Crippen molar-refractivity contribution in [3.63, 3.8) is 0 Å². The van der Waals surface area contributed by atoms with E-state index in [-0.39, 0.29) is 47.4 Å². The number of carbonyl (C=O) groups excluding carboxylic acids is 1. The number of nitrogens with zero attached hydrogens (tertiary/aromatic N) is 1. The van der Waals surface area contributed by atoms with Crippen LogP contribution in [0.2, 0.25) is 0 Å². The molecule has 0 saturated carbocycles. The Morgan fingerprint density at radius 3 is 2.63 bits per heavy atom. The average molecular weight is 520 g/mol. The van der Waals surface area contributed by atoms with E-state index in [9.17, 15) is 4.79 Å². The Morgan fingerprint density at radius 2 is 1.87 bits per heavy atom. The molecule has 0 saturated heterocycles. The van der Waals surface area contributed by atoms with Crippen molar-refractivity contribution in [3.05, 3.63) is 59.7 Å². The van der Waals surface area contributed by atoms with E-state index in [1.807, 2.05) is 42.5 Å². The first-order chi connectivity index (χ1) is 14.0. The average Bonchev–Trinajstić information content (AvgIpc) is 3.01. The molecule has 2 aliphatic heterocycles. The van der Waals surface area contributed by atoms with Crippen molar-refractivity contribution in [2.24, 2.45) is 4.99 Å². The van der Waals surface area contributed by atoms with Crippen LogP contribution in [-0.4, -0.2) is 31.1 Å². The van der Waals surface area contributed by atoms with Crippen molar-refractivity contribution >= 4 is 41.5 Å². The van der Waals surface area contributed by atoms with E-state index in [2.05, 4.69) is 40.9 Å². The second-order valence-electron chi connectivity index (χ2n) is 8.22. The number of benzene rings is 2.